The Hall–Kier alpha value is -2.30. The molecule has 5 heteroatoms. The highest BCUT2D eigenvalue weighted by atomic mass is 19.1. The van der Waals surface area contributed by atoms with E-state index in [0.29, 0.717) is 5.69 Å². The first kappa shape index (κ1) is 14.1. The van der Waals surface area contributed by atoms with Gasteiger partial charge in [0.25, 0.3) is 0 Å². The molecule has 0 spiro atoms. The van der Waals surface area contributed by atoms with Crippen LogP contribution in [0.1, 0.15) is 18.5 Å². The third-order valence-corrected chi connectivity index (χ3v) is 3.01. The minimum absolute atomic E-state index is 0.160. The van der Waals surface area contributed by atoms with Crippen molar-refractivity contribution >= 4 is 5.69 Å². The third kappa shape index (κ3) is 2.99. The van der Waals surface area contributed by atoms with Crippen LogP contribution in [0.25, 0.3) is 0 Å². The summed E-state index contributed by atoms with van der Waals surface area (Å²) < 4.78 is 31.5. The van der Waals surface area contributed by atoms with Crippen molar-refractivity contribution in [2.24, 2.45) is 0 Å². The number of anilines is 1. The Morgan fingerprint density at radius 2 is 1.85 bits per heavy atom. The number of hydrogen-bond acceptors (Lipinski definition) is 3. The van der Waals surface area contributed by atoms with Crippen LogP contribution < -0.4 is 10.1 Å². The summed E-state index contributed by atoms with van der Waals surface area (Å²) in [6.07, 6.45) is 0. The van der Waals surface area contributed by atoms with Gasteiger partial charge in [-0.2, -0.15) is 0 Å². The lowest BCUT2D eigenvalue weighted by Gasteiger charge is -2.17. The molecule has 3 nitrogen and oxygen atoms in total. The van der Waals surface area contributed by atoms with Gasteiger partial charge in [-0.1, -0.05) is 6.07 Å². The van der Waals surface area contributed by atoms with Gasteiger partial charge in [-0.05, 0) is 36.8 Å². The SMILES string of the molecule is COc1cc(C(C)Nc2ccc(O)c(F)c2)ccc1F. The molecule has 0 amide bonds. The molecule has 106 valence electrons. The molecule has 0 saturated carbocycles. The van der Waals surface area contributed by atoms with Crippen LogP contribution in [0, 0.1) is 11.6 Å². The van der Waals surface area contributed by atoms with Crippen LogP contribution in [0.2, 0.25) is 0 Å². The maximum Gasteiger partial charge on any atom is 0.166 e. The molecule has 0 heterocycles. The quantitative estimate of drug-likeness (QED) is 0.835. The minimum Gasteiger partial charge on any atom is -0.505 e. The van der Waals surface area contributed by atoms with E-state index in [4.69, 9.17) is 9.84 Å². The first-order valence-electron chi connectivity index (χ1n) is 6.09. The highest BCUT2D eigenvalue weighted by Gasteiger charge is 2.10. The van der Waals surface area contributed by atoms with E-state index in [1.165, 1.54) is 25.3 Å². The molecule has 1 atom stereocenters. The molecule has 1 unspecified atom stereocenters. The fourth-order valence-corrected chi connectivity index (χ4v) is 1.88. The summed E-state index contributed by atoms with van der Waals surface area (Å²) in [5.74, 6) is -1.36. The molecule has 0 bridgehead atoms. The maximum atomic E-state index is 13.3. The van der Waals surface area contributed by atoms with Crippen LogP contribution in [0.5, 0.6) is 11.5 Å². The van der Waals surface area contributed by atoms with E-state index in [1.54, 1.807) is 18.2 Å². The predicted octanol–water partition coefficient (Wildman–Crippen LogP) is 3.85. The van der Waals surface area contributed by atoms with E-state index in [0.717, 1.165) is 5.56 Å². The number of ether oxygens (including phenoxy) is 1. The van der Waals surface area contributed by atoms with Crippen molar-refractivity contribution in [3.8, 4) is 11.5 Å². The first-order chi connectivity index (χ1) is 9.51. The van der Waals surface area contributed by atoms with Crippen molar-refractivity contribution < 1.29 is 18.6 Å². The van der Waals surface area contributed by atoms with Crippen molar-refractivity contribution in [1.82, 2.24) is 0 Å². The van der Waals surface area contributed by atoms with Crippen LogP contribution >= 0.6 is 0 Å². The highest BCUT2D eigenvalue weighted by molar-refractivity contribution is 5.49. The Bertz CT molecular complexity index is 617. The summed E-state index contributed by atoms with van der Waals surface area (Å²) in [5, 5.41) is 12.2. The van der Waals surface area contributed by atoms with Gasteiger partial charge in [0.05, 0.1) is 7.11 Å². The Labute approximate surface area is 115 Å². The number of halogens is 2. The normalized spacial score (nSPS) is 12.0. The lowest BCUT2D eigenvalue weighted by molar-refractivity contribution is 0.385. The summed E-state index contributed by atoms with van der Waals surface area (Å²) in [4.78, 5) is 0. The van der Waals surface area contributed by atoms with Gasteiger partial charge >= 0.3 is 0 Å². The molecular formula is C15H15F2NO2. The van der Waals surface area contributed by atoms with Crippen LogP contribution in [-0.2, 0) is 0 Å². The van der Waals surface area contributed by atoms with Crippen molar-refractivity contribution in [1.29, 1.82) is 0 Å². The Morgan fingerprint density at radius 3 is 2.50 bits per heavy atom. The van der Waals surface area contributed by atoms with Gasteiger partial charge in [-0.3, -0.25) is 0 Å². The second-order valence-corrected chi connectivity index (χ2v) is 4.43. The number of rotatable bonds is 4. The predicted molar refractivity (Wildman–Crippen MR) is 73.1 cm³/mol. The van der Waals surface area contributed by atoms with E-state index >= 15 is 0 Å². The average molecular weight is 279 g/mol. The number of phenolic OH excluding ortho intramolecular Hbond substituents is 1. The molecule has 0 aromatic heterocycles. The standard InChI is InChI=1S/C15H15F2NO2/c1-9(10-3-5-12(16)15(7-10)20-2)18-11-4-6-14(19)13(17)8-11/h3-9,18-19H,1-2H3. The first-order valence-corrected chi connectivity index (χ1v) is 6.09. The van der Waals surface area contributed by atoms with Crippen molar-refractivity contribution in [2.75, 3.05) is 12.4 Å². The lowest BCUT2D eigenvalue weighted by Crippen LogP contribution is -2.07. The smallest absolute Gasteiger partial charge is 0.166 e. The van der Waals surface area contributed by atoms with E-state index in [-0.39, 0.29) is 11.8 Å². The van der Waals surface area contributed by atoms with E-state index in [9.17, 15) is 8.78 Å². The molecule has 20 heavy (non-hydrogen) atoms. The van der Waals surface area contributed by atoms with Gasteiger partial charge in [0, 0.05) is 17.8 Å². The average Bonchev–Trinajstić information content (AvgIpc) is 2.43. The van der Waals surface area contributed by atoms with Crippen molar-refractivity contribution in [3.63, 3.8) is 0 Å². The highest BCUT2D eigenvalue weighted by Crippen LogP contribution is 2.26. The second-order valence-electron chi connectivity index (χ2n) is 4.43. The number of phenols is 1. The number of hydrogen-bond donors (Lipinski definition) is 2. The summed E-state index contributed by atoms with van der Waals surface area (Å²) in [6, 6.07) is 8.41. The van der Waals surface area contributed by atoms with Gasteiger partial charge in [0.2, 0.25) is 0 Å². The number of methoxy groups -OCH3 is 1. The van der Waals surface area contributed by atoms with Crippen LogP contribution in [0.3, 0.4) is 0 Å². The molecule has 0 aliphatic heterocycles. The zero-order chi connectivity index (χ0) is 14.7. The summed E-state index contributed by atoms with van der Waals surface area (Å²) in [7, 11) is 1.40. The largest absolute Gasteiger partial charge is 0.505 e. The van der Waals surface area contributed by atoms with Crippen LogP contribution in [-0.4, -0.2) is 12.2 Å². The van der Waals surface area contributed by atoms with E-state index in [1.807, 2.05) is 6.92 Å². The fraction of sp³-hybridized carbons (Fsp3) is 0.200. The topological polar surface area (TPSA) is 41.5 Å². The maximum absolute atomic E-state index is 13.3. The molecule has 0 aliphatic rings. The zero-order valence-electron chi connectivity index (χ0n) is 11.2. The molecular weight excluding hydrogens is 264 g/mol. The summed E-state index contributed by atoms with van der Waals surface area (Å²) >= 11 is 0. The molecule has 2 aromatic carbocycles. The van der Waals surface area contributed by atoms with Gasteiger partial charge in [0.15, 0.2) is 23.1 Å². The monoisotopic (exact) mass is 279 g/mol. The van der Waals surface area contributed by atoms with Gasteiger partial charge in [0.1, 0.15) is 0 Å². The number of nitrogens with one attached hydrogen (secondary N) is 1. The lowest BCUT2D eigenvalue weighted by atomic mass is 10.1. The number of benzene rings is 2. The second kappa shape index (κ2) is 5.77. The van der Waals surface area contributed by atoms with E-state index in [2.05, 4.69) is 5.32 Å². The van der Waals surface area contributed by atoms with Gasteiger partial charge in [-0.15, -0.1) is 0 Å². The van der Waals surface area contributed by atoms with Gasteiger partial charge < -0.3 is 15.2 Å². The number of aromatic hydroxyl groups is 1. The van der Waals surface area contributed by atoms with Crippen molar-refractivity contribution in [2.45, 2.75) is 13.0 Å². The summed E-state index contributed by atoms with van der Waals surface area (Å²) in [5.41, 5.74) is 1.33. The van der Waals surface area contributed by atoms with Crippen molar-refractivity contribution in [3.05, 3.63) is 53.6 Å². The zero-order valence-corrected chi connectivity index (χ0v) is 11.2. The van der Waals surface area contributed by atoms with Crippen LogP contribution in [0.15, 0.2) is 36.4 Å². The Balaban J connectivity index is 2.19. The Morgan fingerprint density at radius 1 is 1.10 bits per heavy atom. The molecule has 2 rings (SSSR count). The molecule has 0 saturated heterocycles. The molecule has 2 N–H and O–H groups in total. The Kier molecular flexibility index (Phi) is 4.08. The molecule has 0 fully saturated rings. The van der Waals surface area contributed by atoms with Crippen LogP contribution in [0.4, 0.5) is 14.5 Å². The fourth-order valence-electron chi connectivity index (χ4n) is 1.88. The van der Waals surface area contributed by atoms with Gasteiger partial charge in [-0.25, -0.2) is 8.78 Å². The minimum atomic E-state index is -0.695. The third-order valence-electron chi connectivity index (χ3n) is 3.01. The molecule has 0 aliphatic carbocycles. The molecule has 2 aromatic rings. The molecule has 0 radical (unpaired) electrons. The summed E-state index contributed by atoms with van der Waals surface area (Å²) in [6.45, 7) is 1.86. The van der Waals surface area contributed by atoms with E-state index < -0.39 is 17.4 Å².